The molecule has 1 unspecified atom stereocenters. The molecule has 0 N–H and O–H groups in total. The van der Waals surface area contributed by atoms with Gasteiger partial charge in [-0.1, -0.05) is 51.4 Å². The van der Waals surface area contributed by atoms with E-state index in [0.717, 1.165) is 10.7 Å². The largest absolute Gasteiger partial charge is 0.493 e. The van der Waals surface area contributed by atoms with Crippen molar-refractivity contribution in [2.45, 2.75) is 44.2 Å². The van der Waals surface area contributed by atoms with Gasteiger partial charge in [-0.3, -0.25) is 0 Å². The molecule has 0 aliphatic heterocycles. The van der Waals surface area contributed by atoms with Gasteiger partial charge in [0, 0.05) is 4.91 Å². The molecular weight excluding hydrogens is 282 g/mol. The lowest BCUT2D eigenvalue weighted by Gasteiger charge is -2.44. The van der Waals surface area contributed by atoms with Crippen LogP contribution in [0.5, 0.6) is 5.75 Å². The van der Waals surface area contributed by atoms with E-state index in [-0.39, 0.29) is 0 Å². The van der Waals surface area contributed by atoms with Crippen LogP contribution in [0.4, 0.5) is 0 Å². The van der Waals surface area contributed by atoms with Gasteiger partial charge in [-0.25, -0.2) is 7.80 Å². The van der Waals surface area contributed by atoms with Crippen LogP contribution in [-0.4, -0.2) is 35.7 Å². The van der Waals surface area contributed by atoms with Crippen molar-refractivity contribution in [1.29, 1.82) is 0 Å². The van der Waals surface area contributed by atoms with E-state index < -0.39 is 23.9 Å². The van der Waals surface area contributed by atoms with Crippen molar-refractivity contribution in [2.24, 2.45) is 0 Å². The van der Waals surface area contributed by atoms with Gasteiger partial charge < -0.3 is 12.3 Å². The Labute approximate surface area is 123 Å². The predicted molar refractivity (Wildman–Crippen MR) is 97.2 cm³/mol. The molecule has 19 heavy (non-hydrogen) atoms. The van der Waals surface area contributed by atoms with Crippen LogP contribution in [0.25, 0.3) is 0 Å². The molecule has 0 bridgehead atoms. The molecule has 0 aliphatic carbocycles. The van der Waals surface area contributed by atoms with E-state index in [0.29, 0.717) is 0 Å². The number of benzene rings is 1. The fourth-order valence-electron chi connectivity index (χ4n) is 3.27. The van der Waals surface area contributed by atoms with Crippen LogP contribution < -0.4 is 10.0 Å². The van der Waals surface area contributed by atoms with Crippen LogP contribution in [0.1, 0.15) is 0 Å². The molecule has 0 aliphatic rings. The minimum atomic E-state index is -1.28. The SMILES string of the molecule is [B-][PH+](c1ccccc1OC)C([Si](C)(C)C)[Si](C)(C)C. The Hall–Kier alpha value is -0.0513. The second-order valence-electron chi connectivity index (χ2n) is 7.32. The highest BCUT2D eigenvalue weighted by Gasteiger charge is 2.42. The summed E-state index contributed by atoms with van der Waals surface area (Å²) >= 11 is 0. The second kappa shape index (κ2) is 6.15. The Morgan fingerprint density at radius 1 is 1.00 bits per heavy atom. The first-order valence-electron chi connectivity index (χ1n) is 6.84. The highest BCUT2D eigenvalue weighted by atomic mass is 31.1. The van der Waals surface area contributed by atoms with Crippen LogP contribution in [0.3, 0.4) is 0 Å². The molecule has 1 nitrogen and oxygen atoms in total. The smallest absolute Gasteiger partial charge is 0.155 e. The number of rotatable bonds is 5. The van der Waals surface area contributed by atoms with Gasteiger partial charge in [-0.05, 0) is 12.1 Å². The molecule has 1 rings (SSSR count). The maximum Gasteiger partial charge on any atom is 0.155 e. The normalized spacial score (nSPS) is 14.6. The van der Waals surface area contributed by atoms with Gasteiger partial charge in [0.15, 0.2) is 5.75 Å². The summed E-state index contributed by atoms with van der Waals surface area (Å²) in [6.45, 7) is 14.8. The molecule has 1 aromatic rings. The van der Waals surface area contributed by atoms with Crippen LogP contribution in [0.15, 0.2) is 24.3 Å². The lowest BCUT2D eigenvalue weighted by molar-refractivity contribution is 0.418. The molecule has 0 heterocycles. The molecule has 0 amide bonds. The van der Waals surface area contributed by atoms with Crippen LogP contribution >= 0.6 is 7.80 Å². The number of methoxy groups -OCH3 is 1. The summed E-state index contributed by atoms with van der Waals surface area (Å²) in [6, 6.07) is 8.31. The summed E-state index contributed by atoms with van der Waals surface area (Å²) in [5.74, 6) is 0.973. The average Bonchev–Trinajstić information content (AvgIpc) is 2.24. The second-order valence-corrected chi connectivity index (χ2v) is 21.7. The van der Waals surface area contributed by atoms with Crippen molar-refractivity contribution in [3.8, 4) is 5.75 Å². The minimum Gasteiger partial charge on any atom is -0.493 e. The summed E-state index contributed by atoms with van der Waals surface area (Å²) < 4.78 is 5.52. The average molecular weight is 309 g/mol. The van der Waals surface area contributed by atoms with Crippen molar-refractivity contribution in [1.82, 2.24) is 0 Å². The summed E-state index contributed by atoms with van der Waals surface area (Å²) in [5, 5.41) is 1.27. The molecule has 0 spiro atoms. The van der Waals surface area contributed by atoms with Crippen molar-refractivity contribution < 1.29 is 4.74 Å². The van der Waals surface area contributed by atoms with Gasteiger partial charge in [0.25, 0.3) is 0 Å². The molecule has 105 valence electrons. The first kappa shape index (κ1) is 17.0. The predicted octanol–water partition coefficient (Wildman–Crippen LogP) is 3.74. The minimum absolute atomic E-state index is 0.737. The number of ether oxygens (including phenoxy) is 1. The third-order valence-electron chi connectivity index (χ3n) is 3.46. The Kier molecular flexibility index (Phi) is 5.51. The van der Waals surface area contributed by atoms with Crippen LogP contribution in [0.2, 0.25) is 39.3 Å². The Morgan fingerprint density at radius 3 is 1.89 bits per heavy atom. The first-order chi connectivity index (χ1) is 8.59. The maximum absolute atomic E-state index is 6.78. The van der Waals surface area contributed by atoms with E-state index in [4.69, 9.17) is 12.3 Å². The Morgan fingerprint density at radius 2 is 1.47 bits per heavy atom. The number of para-hydroxylation sites is 1. The number of hydrogen-bond donors (Lipinski definition) is 0. The van der Waals surface area contributed by atoms with E-state index in [9.17, 15) is 0 Å². The van der Waals surface area contributed by atoms with E-state index >= 15 is 0 Å². The quantitative estimate of drug-likeness (QED) is 0.595. The number of hydrogen-bond acceptors (Lipinski definition) is 1. The highest BCUT2D eigenvalue weighted by Crippen LogP contribution is 2.46. The molecule has 5 heteroatoms. The molecule has 0 fully saturated rings. The van der Waals surface area contributed by atoms with E-state index in [1.807, 2.05) is 12.1 Å². The Bertz CT molecular complexity index is 412. The zero-order valence-corrected chi connectivity index (χ0v) is 16.4. The standard InChI is InChI=1S/C14H27BOPSi2/c1-16-12-10-8-9-11-13(12)17(15)14(18(2,3)4)19(5,6)7/h8-11,14,17H,1-7H3. The summed E-state index contributed by atoms with van der Waals surface area (Å²) in [7, 11) is 4.90. The van der Waals surface area contributed by atoms with E-state index in [1.165, 1.54) is 5.30 Å². The van der Waals surface area contributed by atoms with Gasteiger partial charge in [-0.2, -0.15) is 0 Å². The lowest BCUT2D eigenvalue weighted by Crippen LogP contribution is -2.53. The molecule has 1 aromatic carbocycles. The van der Waals surface area contributed by atoms with Gasteiger partial charge in [0.05, 0.1) is 28.6 Å². The van der Waals surface area contributed by atoms with Crippen molar-refractivity contribution in [3.05, 3.63) is 24.3 Å². The van der Waals surface area contributed by atoms with Crippen LogP contribution in [0, 0.1) is 0 Å². The highest BCUT2D eigenvalue weighted by molar-refractivity contribution is 7.92. The van der Waals surface area contributed by atoms with Crippen molar-refractivity contribution in [3.63, 3.8) is 0 Å². The van der Waals surface area contributed by atoms with Gasteiger partial charge >= 0.3 is 0 Å². The molecule has 0 saturated heterocycles. The summed E-state index contributed by atoms with van der Waals surface area (Å²) in [6.07, 6.45) is 0. The molecule has 1 atom stereocenters. The third kappa shape index (κ3) is 4.21. The monoisotopic (exact) mass is 309 g/mol. The molecular formula is C14H27BOPSi2. The summed E-state index contributed by atoms with van der Waals surface area (Å²) in [4.78, 5) is 0.737. The van der Waals surface area contributed by atoms with Crippen molar-refractivity contribution >= 4 is 36.8 Å². The fourth-order valence-corrected chi connectivity index (χ4v) is 23.1. The van der Waals surface area contributed by atoms with E-state index in [2.05, 4.69) is 51.4 Å². The first-order valence-corrected chi connectivity index (χ1v) is 15.7. The zero-order chi connectivity index (χ0) is 14.8. The fraction of sp³-hybridized carbons (Fsp3) is 0.571. The van der Waals surface area contributed by atoms with Gasteiger partial charge in [-0.15, -0.1) is 0 Å². The molecule has 0 aromatic heterocycles. The molecule has 3 radical (unpaired) electrons. The van der Waals surface area contributed by atoms with E-state index in [1.54, 1.807) is 7.11 Å². The van der Waals surface area contributed by atoms with Gasteiger partial charge in [0.2, 0.25) is 0 Å². The zero-order valence-electron chi connectivity index (χ0n) is 13.4. The lowest BCUT2D eigenvalue weighted by atomic mass is 10.3. The topological polar surface area (TPSA) is 9.23 Å². The van der Waals surface area contributed by atoms with Crippen molar-refractivity contribution in [2.75, 3.05) is 7.11 Å². The van der Waals surface area contributed by atoms with Crippen LogP contribution in [-0.2, 0) is 0 Å². The molecule has 0 saturated carbocycles. The van der Waals surface area contributed by atoms with Gasteiger partial charge in [0.1, 0.15) is 0 Å². The third-order valence-corrected chi connectivity index (χ3v) is 20.8. The Balaban J connectivity index is 3.24. The summed E-state index contributed by atoms with van der Waals surface area (Å²) in [5.41, 5.74) is 0. The maximum atomic E-state index is 6.78.